The zero-order valence-electron chi connectivity index (χ0n) is 15.3. The standard InChI is InChI=1S/C20H29FN2O2/c1-4-14(3)18(20(25)22-17-8-6-5-7-16(17)21)23-19(24)15-11-9-13(2)10-12-15/h5-8,13-15,18H,4,9-12H2,1-3H3,(H,22,25)(H,23,24)/t13?,14-,15?,18+/m1/s1. The smallest absolute Gasteiger partial charge is 0.247 e. The summed E-state index contributed by atoms with van der Waals surface area (Å²) in [5.41, 5.74) is 0.140. The summed E-state index contributed by atoms with van der Waals surface area (Å²) in [5.74, 6) is -0.287. The summed E-state index contributed by atoms with van der Waals surface area (Å²) in [6.45, 7) is 6.11. The second kappa shape index (κ2) is 8.97. The van der Waals surface area contributed by atoms with E-state index < -0.39 is 11.9 Å². The summed E-state index contributed by atoms with van der Waals surface area (Å²) < 4.78 is 13.8. The van der Waals surface area contributed by atoms with Crippen molar-refractivity contribution < 1.29 is 14.0 Å². The van der Waals surface area contributed by atoms with Crippen LogP contribution in [-0.4, -0.2) is 17.9 Å². The van der Waals surface area contributed by atoms with Crippen LogP contribution in [0, 0.1) is 23.6 Å². The van der Waals surface area contributed by atoms with Gasteiger partial charge in [-0.05, 0) is 49.7 Å². The number of carbonyl (C=O) groups excluding carboxylic acids is 2. The molecule has 25 heavy (non-hydrogen) atoms. The van der Waals surface area contributed by atoms with Crippen molar-refractivity contribution in [1.82, 2.24) is 5.32 Å². The lowest BCUT2D eigenvalue weighted by Crippen LogP contribution is -2.49. The normalized spacial score (nSPS) is 22.7. The second-order valence-electron chi connectivity index (χ2n) is 7.30. The maximum atomic E-state index is 13.8. The van der Waals surface area contributed by atoms with E-state index in [9.17, 15) is 14.0 Å². The Hall–Kier alpha value is -1.91. The number of benzene rings is 1. The van der Waals surface area contributed by atoms with Gasteiger partial charge in [0, 0.05) is 5.92 Å². The Morgan fingerprint density at radius 3 is 2.44 bits per heavy atom. The van der Waals surface area contributed by atoms with Gasteiger partial charge in [-0.1, -0.05) is 39.3 Å². The molecule has 1 aromatic carbocycles. The predicted molar refractivity (Wildman–Crippen MR) is 97.5 cm³/mol. The molecule has 0 unspecified atom stereocenters. The van der Waals surface area contributed by atoms with Crippen LogP contribution in [0.25, 0.3) is 0 Å². The van der Waals surface area contributed by atoms with Crippen LogP contribution in [0.2, 0.25) is 0 Å². The molecule has 0 saturated heterocycles. The van der Waals surface area contributed by atoms with Gasteiger partial charge in [-0.3, -0.25) is 9.59 Å². The van der Waals surface area contributed by atoms with Gasteiger partial charge in [-0.25, -0.2) is 4.39 Å². The van der Waals surface area contributed by atoms with Gasteiger partial charge in [0.2, 0.25) is 11.8 Å². The van der Waals surface area contributed by atoms with Crippen molar-refractivity contribution in [2.75, 3.05) is 5.32 Å². The molecule has 1 aliphatic rings. The Balaban J connectivity index is 2.04. The van der Waals surface area contributed by atoms with E-state index in [1.807, 2.05) is 13.8 Å². The first-order chi connectivity index (χ1) is 11.9. The third-order valence-corrected chi connectivity index (χ3v) is 5.31. The third-order valence-electron chi connectivity index (χ3n) is 5.31. The Morgan fingerprint density at radius 1 is 1.20 bits per heavy atom. The van der Waals surface area contributed by atoms with E-state index in [1.54, 1.807) is 12.1 Å². The number of hydrogen-bond acceptors (Lipinski definition) is 2. The number of halogens is 1. The van der Waals surface area contributed by atoms with Crippen molar-refractivity contribution in [3.8, 4) is 0 Å². The fraction of sp³-hybridized carbons (Fsp3) is 0.600. The van der Waals surface area contributed by atoms with Crippen LogP contribution in [0.1, 0.15) is 52.9 Å². The Labute approximate surface area is 149 Å². The largest absolute Gasteiger partial charge is 0.344 e. The van der Waals surface area contributed by atoms with E-state index >= 15 is 0 Å². The first kappa shape index (κ1) is 19.4. The molecule has 0 heterocycles. The summed E-state index contributed by atoms with van der Waals surface area (Å²) in [6, 6.07) is 5.40. The highest BCUT2D eigenvalue weighted by molar-refractivity contribution is 5.97. The number of carbonyl (C=O) groups is 2. The highest BCUT2D eigenvalue weighted by atomic mass is 19.1. The number of nitrogens with one attached hydrogen (secondary N) is 2. The van der Waals surface area contributed by atoms with E-state index in [0.717, 1.165) is 32.1 Å². The molecule has 4 nitrogen and oxygen atoms in total. The van der Waals surface area contributed by atoms with Crippen molar-refractivity contribution in [3.63, 3.8) is 0 Å². The number of amides is 2. The quantitative estimate of drug-likeness (QED) is 0.812. The lowest BCUT2D eigenvalue weighted by molar-refractivity contribution is -0.131. The first-order valence-corrected chi connectivity index (χ1v) is 9.28. The van der Waals surface area contributed by atoms with Crippen LogP contribution in [0.15, 0.2) is 24.3 Å². The zero-order valence-corrected chi connectivity index (χ0v) is 15.3. The van der Waals surface area contributed by atoms with E-state index in [4.69, 9.17) is 0 Å². The monoisotopic (exact) mass is 348 g/mol. The number of rotatable bonds is 6. The summed E-state index contributed by atoms with van der Waals surface area (Å²) in [4.78, 5) is 25.2. The fourth-order valence-corrected chi connectivity index (χ4v) is 3.27. The van der Waals surface area contributed by atoms with Gasteiger partial charge < -0.3 is 10.6 Å². The molecule has 5 heteroatoms. The lowest BCUT2D eigenvalue weighted by Gasteiger charge is -2.29. The van der Waals surface area contributed by atoms with Crippen LogP contribution in [0.3, 0.4) is 0 Å². The Kier molecular flexibility index (Phi) is 6.97. The maximum Gasteiger partial charge on any atom is 0.247 e. The minimum Gasteiger partial charge on any atom is -0.344 e. The van der Waals surface area contributed by atoms with E-state index in [0.29, 0.717) is 5.92 Å². The average Bonchev–Trinajstić information content (AvgIpc) is 2.61. The van der Waals surface area contributed by atoms with Gasteiger partial charge in [-0.15, -0.1) is 0 Å². The van der Waals surface area contributed by atoms with Crippen LogP contribution in [0.4, 0.5) is 10.1 Å². The van der Waals surface area contributed by atoms with Crippen LogP contribution in [0.5, 0.6) is 0 Å². The summed E-state index contributed by atoms with van der Waals surface area (Å²) in [5, 5.41) is 5.53. The molecule has 138 valence electrons. The van der Waals surface area contributed by atoms with Crippen LogP contribution < -0.4 is 10.6 Å². The average molecular weight is 348 g/mol. The number of hydrogen-bond donors (Lipinski definition) is 2. The fourth-order valence-electron chi connectivity index (χ4n) is 3.27. The van der Waals surface area contributed by atoms with Gasteiger partial charge in [0.15, 0.2) is 0 Å². The minimum absolute atomic E-state index is 0.0241. The molecule has 0 aromatic heterocycles. The lowest BCUT2D eigenvalue weighted by atomic mass is 9.82. The Morgan fingerprint density at radius 2 is 1.84 bits per heavy atom. The highest BCUT2D eigenvalue weighted by Gasteiger charge is 2.31. The molecule has 2 rings (SSSR count). The predicted octanol–water partition coefficient (Wildman–Crippen LogP) is 4.12. The van der Waals surface area contributed by atoms with Crippen molar-refractivity contribution in [1.29, 1.82) is 0 Å². The van der Waals surface area contributed by atoms with Crippen molar-refractivity contribution in [3.05, 3.63) is 30.1 Å². The SMILES string of the molecule is CC[C@@H](C)[C@H](NC(=O)C1CCC(C)CC1)C(=O)Nc1ccccc1F. The summed E-state index contributed by atoms with van der Waals surface area (Å²) in [7, 11) is 0. The molecular formula is C20H29FN2O2. The topological polar surface area (TPSA) is 58.2 Å². The molecular weight excluding hydrogens is 319 g/mol. The highest BCUT2D eigenvalue weighted by Crippen LogP contribution is 2.28. The van der Waals surface area contributed by atoms with Gasteiger partial charge in [0.05, 0.1) is 5.69 Å². The molecule has 2 atom stereocenters. The Bertz CT molecular complexity index is 597. The van der Waals surface area contributed by atoms with Gasteiger partial charge >= 0.3 is 0 Å². The molecule has 1 saturated carbocycles. The molecule has 1 aromatic rings. The molecule has 2 amide bonds. The first-order valence-electron chi connectivity index (χ1n) is 9.28. The van der Waals surface area contributed by atoms with Crippen molar-refractivity contribution in [2.24, 2.45) is 17.8 Å². The van der Waals surface area contributed by atoms with Crippen LogP contribution in [-0.2, 0) is 9.59 Å². The number of anilines is 1. The molecule has 1 fully saturated rings. The van der Waals surface area contributed by atoms with Gasteiger partial charge in [0.1, 0.15) is 11.9 Å². The molecule has 0 aliphatic heterocycles. The van der Waals surface area contributed by atoms with Gasteiger partial charge in [-0.2, -0.15) is 0 Å². The molecule has 0 radical (unpaired) electrons. The minimum atomic E-state index is -0.656. The summed E-state index contributed by atoms with van der Waals surface area (Å²) >= 11 is 0. The zero-order chi connectivity index (χ0) is 18.4. The molecule has 2 N–H and O–H groups in total. The maximum absolute atomic E-state index is 13.8. The molecule has 1 aliphatic carbocycles. The third kappa shape index (κ3) is 5.28. The summed E-state index contributed by atoms with van der Waals surface area (Å²) in [6.07, 6.45) is 4.59. The van der Waals surface area contributed by atoms with Crippen molar-refractivity contribution in [2.45, 2.75) is 58.9 Å². The van der Waals surface area contributed by atoms with Gasteiger partial charge in [0.25, 0.3) is 0 Å². The van der Waals surface area contributed by atoms with E-state index in [1.165, 1.54) is 12.1 Å². The molecule has 0 bridgehead atoms. The van der Waals surface area contributed by atoms with Crippen molar-refractivity contribution >= 4 is 17.5 Å². The second-order valence-corrected chi connectivity index (χ2v) is 7.30. The molecule has 0 spiro atoms. The number of para-hydroxylation sites is 1. The van der Waals surface area contributed by atoms with E-state index in [-0.39, 0.29) is 29.3 Å². The van der Waals surface area contributed by atoms with Crippen LogP contribution >= 0.6 is 0 Å². The van der Waals surface area contributed by atoms with E-state index in [2.05, 4.69) is 17.6 Å².